The number of nitrogens with one attached hydrogen (secondary N) is 1. The first-order chi connectivity index (χ1) is 12.3. The van der Waals surface area contributed by atoms with Gasteiger partial charge in [-0.05, 0) is 41.5 Å². The standard InChI is InChI=1S/C20H18N2O3/c1-23-18-7-6-15(13-22-12-14-4-2-8-21-11-14)16-10-19(25-20(16)18)17-5-3-9-24-17/h2-11,22H,12-13H2,1H3. The van der Waals surface area contributed by atoms with Gasteiger partial charge in [-0.3, -0.25) is 4.98 Å². The summed E-state index contributed by atoms with van der Waals surface area (Å²) in [5.41, 5.74) is 3.02. The number of nitrogens with zero attached hydrogens (tertiary/aromatic N) is 1. The molecule has 0 radical (unpaired) electrons. The van der Waals surface area contributed by atoms with Crippen molar-refractivity contribution in [3.8, 4) is 17.3 Å². The minimum atomic E-state index is 0.693. The molecular weight excluding hydrogens is 316 g/mol. The Hall–Kier alpha value is -3.05. The zero-order valence-electron chi connectivity index (χ0n) is 13.9. The molecule has 0 bridgehead atoms. The quantitative estimate of drug-likeness (QED) is 0.567. The average molecular weight is 334 g/mol. The molecule has 3 aromatic heterocycles. The highest BCUT2D eigenvalue weighted by Gasteiger charge is 2.15. The number of hydrogen-bond acceptors (Lipinski definition) is 5. The van der Waals surface area contributed by atoms with Gasteiger partial charge in [-0.2, -0.15) is 0 Å². The molecule has 0 amide bonds. The topological polar surface area (TPSA) is 60.4 Å². The molecule has 0 atom stereocenters. The average Bonchev–Trinajstić information content (AvgIpc) is 3.32. The van der Waals surface area contributed by atoms with Crippen LogP contribution in [0.4, 0.5) is 0 Å². The van der Waals surface area contributed by atoms with Gasteiger partial charge in [-0.25, -0.2) is 0 Å². The zero-order chi connectivity index (χ0) is 17.1. The zero-order valence-corrected chi connectivity index (χ0v) is 13.9. The fourth-order valence-electron chi connectivity index (χ4n) is 2.85. The Bertz CT molecular complexity index is 959. The molecule has 126 valence electrons. The Morgan fingerprint density at radius 1 is 1.08 bits per heavy atom. The summed E-state index contributed by atoms with van der Waals surface area (Å²) in [6, 6.07) is 13.7. The molecule has 5 heteroatoms. The van der Waals surface area contributed by atoms with Crippen molar-refractivity contribution in [3.05, 3.63) is 72.2 Å². The predicted octanol–water partition coefficient (Wildman–Crippen LogP) is 4.39. The summed E-state index contributed by atoms with van der Waals surface area (Å²) in [7, 11) is 1.64. The smallest absolute Gasteiger partial charge is 0.177 e. The lowest BCUT2D eigenvalue weighted by Crippen LogP contribution is -2.12. The summed E-state index contributed by atoms with van der Waals surface area (Å²) in [6.45, 7) is 1.47. The fraction of sp³-hybridized carbons (Fsp3) is 0.150. The van der Waals surface area contributed by atoms with E-state index in [9.17, 15) is 0 Å². The van der Waals surface area contributed by atoms with Crippen LogP contribution in [0.1, 0.15) is 11.1 Å². The second-order valence-corrected chi connectivity index (χ2v) is 5.72. The van der Waals surface area contributed by atoms with Gasteiger partial charge in [0, 0.05) is 30.9 Å². The molecule has 0 saturated carbocycles. The third-order valence-corrected chi connectivity index (χ3v) is 4.09. The molecule has 4 rings (SSSR count). The molecule has 0 aliphatic carbocycles. The highest BCUT2D eigenvalue weighted by Crippen LogP contribution is 2.35. The number of benzene rings is 1. The molecule has 1 aromatic carbocycles. The van der Waals surface area contributed by atoms with Gasteiger partial charge in [-0.15, -0.1) is 0 Å². The number of fused-ring (bicyclic) bond motifs is 1. The highest BCUT2D eigenvalue weighted by molar-refractivity contribution is 5.89. The van der Waals surface area contributed by atoms with Crippen molar-refractivity contribution in [1.82, 2.24) is 10.3 Å². The van der Waals surface area contributed by atoms with E-state index in [4.69, 9.17) is 13.6 Å². The van der Waals surface area contributed by atoms with Gasteiger partial charge >= 0.3 is 0 Å². The Morgan fingerprint density at radius 2 is 2.04 bits per heavy atom. The van der Waals surface area contributed by atoms with Gasteiger partial charge in [0.1, 0.15) is 0 Å². The molecule has 0 unspecified atom stereocenters. The van der Waals surface area contributed by atoms with Gasteiger partial charge in [0.05, 0.1) is 13.4 Å². The molecular formula is C20H18N2O3. The lowest BCUT2D eigenvalue weighted by Gasteiger charge is -2.08. The van der Waals surface area contributed by atoms with Crippen molar-refractivity contribution < 1.29 is 13.6 Å². The van der Waals surface area contributed by atoms with Crippen molar-refractivity contribution in [2.75, 3.05) is 7.11 Å². The fourth-order valence-corrected chi connectivity index (χ4v) is 2.85. The van der Waals surface area contributed by atoms with E-state index in [1.165, 1.54) is 0 Å². The number of pyridine rings is 1. The molecule has 0 fully saturated rings. The van der Waals surface area contributed by atoms with Gasteiger partial charge in [-0.1, -0.05) is 12.1 Å². The molecule has 25 heavy (non-hydrogen) atoms. The van der Waals surface area contributed by atoms with Crippen LogP contribution >= 0.6 is 0 Å². The van der Waals surface area contributed by atoms with E-state index in [0.717, 1.165) is 28.6 Å². The Morgan fingerprint density at radius 3 is 2.80 bits per heavy atom. The van der Waals surface area contributed by atoms with Crippen molar-refractivity contribution >= 4 is 11.0 Å². The van der Waals surface area contributed by atoms with E-state index in [0.29, 0.717) is 23.8 Å². The van der Waals surface area contributed by atoms with E-state index in [1.807, 2.05) is 36.5 Å². The normalized spacial score (nSPS) is 11.1. The summed E-state index contributed by atoms with van der Waals surface area (Å²) < 4.78 is 16.9. The molecule has 4 aromatic rings. The van der Waals surface area contributed by atoms with Crippen molar-refractivity contribution in [2.24, 2.45) is 0 Å². The molecule has 3 heterocycles. The first kappa shape index (κ1) is 15.5. The molecule has 0 aliphatic heterocycles. The minimum absolute atomic E-state index is 0.693. The SMILES string of the molecule is COc1ccc(CNCc2cccnc2)c2cc(-c3ccco3)oc12. The Balaban J connectivity index is 1.62. The summed E-state index contributed by atoms with van der Waals surface area (Å²) in [5, 5.41) is 4.46. The largest absolute Gasteiger partial charge is 0.493 e. The third kappa shape index (κ3) is 3.14. The number of rotatable bonds is 6. The summed E-state index contributed by atoms with van der Waals surface area (Å²) >= 11 is 0. The number of ether oxygens (including phenoxy) is 1. The second kappa shape index (κ2) is 6.83. The van der Waals surface area contributed by atoms with Crippen LogP contribution in [0.5, 0.6) is 5.75 Å². The Kier molecular flexibility index (Phi) is 4.23. The summed E-state index contributed by atoms with van der Waals surface area (Å²) in [5.74, 6) is 2.11. The van der Waals surface area contributed by atoms with E-state index >= 15 is 0 Å². The van der Waals surface area contributed by atoms with Crippen LogP contribution in [0.25, 0.3) is 22.5 Å². The van der Waals surface area contributed by atoms with Gasteiger partial charge in [0.25, 0.3) is 0 Å². The second-order valence-electron chi connectivity index (χ2n) is 5.72. The van der Waals surface area contributed by atoms with E-state index in [-0.39, 0.29) is 0 Å². The molecule has 0 aliphatic rings. The van der Waals surface area contributed by atoms with Crippen LogP contribution in [-0.2, 0) is 13.1 Å². The minimum Gasteiger partial charge on any atom is -0.493 e. The lowest BCUT2D eigenvalue weighted by molar-refractivity contribution is 0.410. The van der Waals surface area contributed by atoms with Gasteiger partial charge in [0.15, 0.2) is 22.9 Å². The number of furan rings is 2. The molecule has 5 nitrogen and oxygen atoms in total. The third-order valence-electron chi connectivity index (χ3n) is 4.09. The van der Waals surface area contributed by atoms with Crippen molar-refractivity contribution in [3.63, 3.8) is 0 Å². The maximum Gasteiger partial charge on any atom is 0.177 e. The van der Waals surface area contributed by atoms with Crippen LogP contribution in [0.2, 0.25) is 0 Å². The molecule has 1 N–H and O–H groups in total. The summed E-state index contributed by atoms with van der Waals surface area (Å²) in [4.78, 5) is 4.13. The number of methoxy groups -OCH3 is 1. The van der Waals surface area contributed by atoms with Gasteiger partial charge in [0.2, 0.25) is 0 Å². The highest BCUT2D eigenvalue weighted by atomic mass is 16.5. The van der Waals surface area contributed by atoms with Gasteiger partial charge < -0.3 is 18.9 Å². The Labute approximate surface area is 145 Å². The van der Waals surface area contributed by atoms with Crippen LogP contribution in [0.3, 0.4) is 0 Å². The first-order valence-corrected chi connectivity index (χ1v) is 8.08. The number of aromatic nitrogens is 1. The van der Waals surface area contributed by atoms with E-state index in [2.05, 4.69) is 22.4 Å². The first-order valence-electron chi connectivity index (χ1n) is 8.08. The molecule has 0 saturated heterocycles. The number of hydrogen-bond donors (Lipinski definition) is 1. The van der Waals surface area contributed by atoms with Crippen molar-refractivity contribution in [2.45, 2.75) is 13.1 Å². The maximum absolute atomic E-state index is 5.98. The van der Waals surface area contributed by atoms with E-state index in [1.54, 1.807) is 19.6 Å². The predicted molar refractivity (Wildman–Crippen MR) is 95.2 cm³/mol. The monoisotopic (exact) mass is 334 g/mol. The van der Waals surface area contributed by atoms with Crippen LogP contribution in [0.15, 0.2) is 70.0 Å². The molecule has 0 spiro atoms. The van der Waals surface area contributed by atoms with Crippen LogP contribution in [0, 0.1) is 0 Å². The maximum atomic E-state index is 5.98. The van der Waals surface area contributed by atoms with E-state index < -0.39 is 0 Å². The van der Waals surface area contributed by atoms with Crippen LogP contribution in [-0.4, -0.2) is 12.1 Å². The van der Waals surface area contributed by atoms with Crippen molar-refractivity contribution in [1.29, 1.82) is 0 Å². The lowest BCUT2D eigenvalue weighted by atomic mass is 10.1. The van der Waals surface area contributed by atoms with Crippen LogP contribution < -0.4 is 10.1 Å². The summed E-state index contributed by atoms with van der Waals surface area (Å²) in [6.07, 6.45) is 5.28.